The van der Waals surface area contributed by atoms with Gasteiger partial charge >= 0.3 is 0 Å². The molecule has 4 rings (SSSR count). The van der Waals surface area contributed by atoms with Crippen LogP contribution in [-0.2, 0) is 4.79 Å². The summed E-state index contributed by atoms with van der Waals surface area (Å²) < 4.78 is 27.1. The second-order valence-corrected chi connectivity index (χ2v) is 7.50. The lowest BCUT2D eigenvalue weighted by atomic mass is 9.90. The average molecular weight is 420 g/mol. The van der Waals surface area contributed by atoms with Crippen molar-refractivity contribution in [2.75, 3.05) is 26.2 Å². The molecular weight excluding hydrogens is 398 g/mol. The summed E-state index contributed by atoms with van der Waals surface area (Å²) >= 11 is 0. The van der Waals surface area contributed by atoms with Crippen molar-refractivity contribution in [3.05, 3.63) is 107 Å². The quantitative estimate of drug-likeness (QED) is 0.638. The predicted octanol–water partition coefficient (Wildman–Crippen LogP) is 4.08. The molecule has 0 spiro atoms. The normalized spacial score (nSPS) is 14.0. The third-order valence-electron chi connectivity index (χ3n) is 5.55. The van der Waals surface area contributed by atoms with Gasteiger partial charge in [0, 0.05) is 32.2 Å². The Hall–Kier alpha value is -3.54. The standard InChI is InChI=1S/C25H22F2N2O2/c26-20-11-12-21(22(27)17-20)24(30)28-13-15-29(16-14-28)25(31)23(18-7-3-1-4-8-18)19-9-5-2-6-10-19/h1-12,17,23H,13-16H2. The van der Waals surface area contributed by atoms with E-state index in [1.165, 1.54) is 4.90 Å². The second-order valence-electron chi connectivity index (χ2n) is 7.50. The molecule has 0 aliphatic carbocycles. The molecule has 3 aromatic carbocycles. The molecule has 1 fully saturated rings. The van der Waals surface area contributed by atoms with Gasteiger partial charge in [0.15, 0.2) is 0 Å². The van der Waals surface area contributed by atoms with E-state index in [4.69, 9.17) is 0 Å². The molecule has 0 bridgehead atoms. The summed E-state index contributed by atoms with van der Waals surface area (Å²) in [4.78, 5) is 29.3. The molecule has 0 N–H and O–H groups in total. The number of rotatable bonds is 4. The van der Waals surface area contributed by atoms with Crippen LogP contribution in [-0.4, -0.2) is 47.8 Å². The van der Waals surface area contributed by atoms with Gasteiger partial charge < -0.3 is 9.80 Å². The van der Waals surface area contributed by atoms with Crippen LogP contribution >= 0.6 is 0 Å². The van der Waals surface area contributed by atoms with E-state index < -0.39 is 23.5 Å². The molecule has 2 amide bonds. The van der Waals surface area contributed by atoms with Gasteiger partial charge in [0.05, 0.1) is 11.5 Å². The number of hydrogen-bond donors (Lipinski definition) is 0. The zero-order chi connectivity index (χ0) is 21.8. The van der Waals surface area contributed by atoms with Gasteiger partial charge in [0.1, 0.15) is 11.6 Å². The Morgan fingerprint density at radius 1 is 0.710 bits per heavy atom. The number of nitrogens with zero attached hydrogens (tertiary/aromatic N) is 2. The highest BCUT2D eigenvalue weighted by atomic mass is 19.1. The van der Waals surface area contributed by atoms with E-state index in [2.05, 4.69) is 0 Å². The van der Waals surface area contributed by atoms with Crippen molar-refractivity contribution in [2.24, 2.45) is 0 Å². The zero-order valence-corrected chi connectivity index (χ0v) is 16.9. The van der Waals surface area contributed by atoms with Crippen LogP contribution in [0.5, 0.6) is 0 Å². The smallest absolute Gasteiger partial charge is 0.256 e. The highest BCUT2D eigenvalue weighted by molar-refractivity contribution is 5.95. The molecule has 0 atom stereocenters. The monoisotopic (exact) mass is 420 g/mol. The van der Waals surface area contributed by atoms with Crippen LogP contribution in [0.15, 0.2) is 78.9 Å². The average Bonchev–Trinajstić information content (AvgIpc) is 2.80. The van der Waals surface area contributed by atoms with Gasteiger partial charge in [-0.25, -0.2) is 8.78 Å². The summed E-state index contributed by atoms with van der Waals surface area (Å²) in [5, 5.41) is 0. The van der Waals surface area contributed by atoms with Crippen molar-refractivity contribution in [1.82, 2.24) is 9.80 Å². The minimum absolute atomic E-state index is 0.0301. The minimum Gasteiger partial charge on any atom is -0.338 e. The van der Waals surface area contributed by atoms with Crippen LogP contribution in [0.1, 0.15) is 27.4 Å². The summed E-state index contributed by atoms with van der Waals surface area (Å²) in [6.07, 6.45) is 0. The number of carbonyl (C=O) groups is 2. The van der Waals surface area contributed by atoms with E-state index in [9.17, 15) is 18.4 Å². The van der Waals surface area contributed by atoms with E-state index in [-0.39, 0.29) is 24.6 Å². The Labute approximate surface area is 179 Å². The van der Waals surface area contributed by atoms with E-state index >= 15 is 0 Å². The molecule has 0 unspecified atom stereocenters. The van der Waals surface area contributed by atoms with Crippen LogP contribution in [0.4, 0.5) is 8.78 Å². The Morgan fingerprint density at radius 3 is 1.74 bits per heavy atom. The fourth-order valence-corrected chi connectivity index (χ4v) is 3.91. The maximum atomic E-state index is 14.0. The molecule has 0 saturated carbocycles. The third kappa shape index (κ3) is 4.48. The first-order chi connectivity index (χ1) is 15.0. The van der Waals surface area contributed by atoms with Gasteiger partial charge in [-0.15, -0.1) is 0 Å². The van der Waals surface area contributed by atoms with E-state index in [1.54, 1.807) is 4.90 Å². The van der Waals surface area contributed by atoms with Gasteiger partial charge in [0.25, 0.3) is 5.91 Å². The van der Waals surface area contributed by atoms with Crippen LogP contribution in [0, 0.1) is 11.6 Å². The predicted molar refractivity (Wildman–Crippen MR) is 114 cm³/mol. The van der Waals surface area contributed by atoms with E-state index in [0.717, 1.165) is 23.3 Å². The first kappa shape index (κ1) is 20.7. The minimum atomic E-state index is -0.878. The van der Waals surface area contributed by atoms with E-state index in [1.807, 2.05) is 60.7 Å². The van der Waals surface area contributed by atoms with E-state index in [0.29, 0.717) is 19.2 Å². The largest absolute Gasteiger partial charge is 0.338 e. The summed E-state index contributed by atoms with van der Waals surface area (Å²) in [6, 6.07) is 22.1. The molecule has 1 aliphatic heterocycles. The molecule has 1 heterocycles. The van der Waals surface area contributed by atoms with Gasteiger partial charge in [0.2, 0.25) is 5.91 Å². The van der Waals surface area contributed by atoms with Crippen molar-refractivity contribution in [1.29, 1.82) is 0 Å². The fourth-order valence-electron chi connectivity index (χ4n) is 3.91. The Bertz CT molecular complexity index is 1030. The maximum Gasteiger partial charge on any atom is 0.256 e. The summed E-state index contributed by atoms with van der Waals surface area (Å²) in [5.41, 5.74) is 1.66. The number of halogens is 2. The number of benzene rings is 3. The maximum absolute atomic E-state index is 14.0. The van der Waals surface area contributed by atoms with Crippen molar-refractivity contribution in [3.8, 4) is 0 Å². The molecule has 0 radical (unpaired) electrons. The molecule has 6 heteroatoms. The van der Waals surface area contributed by atoms with Crippen LogP contribution in [0.25, 0.3) is 0 Å². The Kier molecular flexibility index (Phi) is 6.07. The SMILES string of the molecule is O=C(c1ccc(F)cc1F)N1CCN(C(=O)C(c2ccccc2)c2ccccc2)CC1. The number of carbonyl (C=O) groups excluding carboxylic acids is 2. The molecule has 1 aliphatic rings. The molecular formula is C25H22F2N2O2. The van der Waals surface area contributed by atoms with Gasteiger partial charge in [-0.3, -0.25) is 9.59 Å². The van der Waals surface area contributed by atoms with Crippen LogP contribution < -0.4 is 0 Å². The van der Waals surface area contributed by atoms with Crippen molar-refractivity contribution in [2.45, 2.75) is 5.92 Å². The Morgan fingerprint density at radius 2 is 1.23 bits per heavy atom. The first-order valence-electron chi connectivity index (χ1n) is 10.2. The van der Waals surface area contributed by atoms with Crippen molar-refractivity contribution >= 4 is 11.8 Å². The number of hydrogen-bond acceptors (Lipinski definition) is 2. The number of piperazine rings is 1. The van der Waals surface area contributed by atoms with Gasteiger partial charge in [-0.2, -0.15) is 0 Å². The van der Waals surface area contributed by atoms with Crippen LogP contribution in [0.2, 0.25) is 0 Å². The first-order valence-corrected chi connectivity index (χ1v) is 10.2. The highest BCUT2D eigenvalue weighted by Crippen LogP contribution is 2.27. The highest BCUT2D eigenvalue weighted by Gasteiger charge is 2.31. The fraction of sp³-hybridized carbons (Fsp3) is 0.200. The molecule has 1 saturated heterocycles. The van der Waals surface area contributed by atoms with Crippen molar-refractivity contribution < 1.29 is 18.4 Å². The molecule has 4 nitrogen and oxygen atoms in total. The molecule has 0 aromatic heterocycles. The van der Waals surface area contributed by atoms with Crippen LogP contribution in [0.3, 0.4) is 0 Å². The van der Waals surface area contributed by atoms with Crippen molar-refractivity contribution in [3.63, 3.8) is 0 Å². The lowest BCUT2D eigenvalue weighted by Gasteiger charge is -2.36. The molecule has 158 valence electrons. The molecule has 3 aromatic rings. The summed E-state index contributed by atoms with van der Waals surface area (Å²) in [5.74, 6) is -2.56. The van der Waals surface area contributed by atoms with Gasteiger partial charge in [-0.05, 0) is 23.3 Å². The Balaban J connectivity index is 1.49. The topological polar surface area (TPSA) is 40.6 Å². The number of amides is 2. The lowest BCUT2D eigenvalue weighted by Crippen LogP contribution is -2.51. The molecule has 31 heavy (non-hydrogen) atoms. The summed E-state index contributed by atoms with van der Waals surface area (Å²) in [7, 11) is 0. The summed E-state index contributed by atoms with van der Waals surface area (Å²) in [6.45, 7) is 1.28. The second kappa shape index (κ2) is 9.08. The van der Waals surface area contributed by atoms with Gasteiger partial charge in [-0.1, -0.05) is 60.7 Å². The third-order valence-corrected chi connectivity index (χ3v) is 5.55. The lowest BCUT2D eigenvalue weighted by molar-refractivity contribution is -0.133. The zero-order valence-electron chi connectivity index (χ0n) is 16.9.